The summed E-state index contributed by atoms with van der Waals surface area (Å²) in [5.74, 6) is -0.602. The van der Waals surface area contributed by atoms with Gasteiger partial charge in [-0.1, -0.05) is 46.4 Å². The molecule has 2 aromatic rings. The van der Waals surface area contributed by atoms with Gasteiger partial charge in [-0.15, -0.1) is 0 Å². The van der Waals surface area contributed by atoms with Gasteiger partial charge in [0, 0.05) is 26.2 Å². The molecule has 0 atom stereocenters. The van der Waals surface area contributed by atoms with Crippen molar-refractivity contribution in [2.75, 3.05) is 26.2 Å². The third-order valence-electron chi connectivity index (χ3n) is 3.45. The van der Waals surface area contributed by atoms with Gasteiger partial charge in [0.2, 0.25) is 0 Å². The lowest BCUT2D eigenvalue weighted by molar-refractivity contribution is 0.0531. The highest BCUT2D eigenvalue weighted by Crippen LogP contribution is 2.31. The van der Waals surface area contributed by atoms with E-state index < -0.39 is 0 Å². The summed E-state index contributed by atoms with van der Waals surface area (Å²) in [6, 6.07) is 0. The van der Waals surface area contributed by atoms with Crippen molar-refractivity contribution in [1.82, 2.24) is 18.5 Å². The molecule has 0 unspecified atom stereocenters. The molecule has 2 amide bonds. The monoisotopic (exact) mass is 444 g/mol. The van der Waals surface area contributed by atoms with Crippen molar-refractivity contribution in [3.05, 3.63) is 30.1 Å². The molecule has 0 N–H and O–H groups in total. The van der Waals surface area contributed by atoms with Crippen LogP contribution in [0.1, 0.15) is 21.0 Å². The van der Waals surface area contributed by atoms with Crippen LogP contribution in [0, 0.1) is 0 Å². The molecule has 0 bridgehead atoms. The topological polar surface area (TPSA) is 66.4 Å². The maximum absolute atomic E-state index is 12.4. The zero-order valence-electron chi connectivity index (χ0n) is 11.8. The fraction of sp³-hybridized carbons (Fsp3) is 0.333. The Morgan fingerprint density at radius 1 is 0.750 bits per heavy atom. The van der Waals surface area contributed by atoms with Gasteiger partial charge in [-0.25, -0.2) is 0 Å². The van der Waals surface area contributed by atoms with Gasteiger partial charge in [0.15, 0.2) is 11.4 Å². The second-order valence-corrected chi connectivity index (χ2v) is 8.33. The number of hydrogen-bond donors (Lipinski definition) is 0. The van der Waals surface area contributed by atoms with E-state index in [-0.39, 0.29) is 41.9 Å². The van der Waals surface area contributed by atoms with Crippen LogP contribution in [0.5, 0.6) is 0 Å². The first-order chi connectivity index (χ1) is 11.4. The maximum Gasteiger partial charge on any atom is 0.275 e. The molecule has 1 aliphatic rings. The van der Waals surface area contributed by atoms with Crippen LogP contribution in [0.25, 0.3) is 0 Å². The Bertz CT molecular complexity index is 735. The van der Waals surface area contributed by atoms with Crippen LogP contribution < -0.4 is 0 Å². The lowest BCUT2D eigenvalue weighted by Crippen LogP contribution is -2.50. The van der Waals surface area contributed by atoms with Crippen molar-refractivity contribution >= 4 is 81.3 Å². The summed E-state index contributed by atoms with van der Waals surface area (Å²) in [5.41, 5.74) is 0.279. The van der Waals surface area contributed by atoms with Crippen molar-refractivity contribution in [3.8, 4) is 0 Å². The van der Waals surface area contributed by atoms with Crippen molar-refractivity contribution < 1.29 is 9.59 Å². The zero-order valence-corrected chi connectivity index (χ0v) is 16.4. The van der Waals surface area contributed by atoms with Gasteiger partial charge in [0.05, 0.1) is 0 Å². The Morgan fingerprint density at radius 3 is 1.33 bits per heavy atom. The van der Waals surface area contributed by atoms with Crippen molar-refractivity contribution in [1.29, 1.82) is 0 Å². The molecule has 0 aliphatic carbocycles. The molecule has 3 heterocycles. The van der Waals surface area contributed by atoms with E-state index in [1.54, 1.807) is 9.80 Å². The molecule has 0 aromatic carbocycles. The summed E-state index contributed by atoms with van der Waals surface area (Å²) in [6.07, 6.45) is 0. The van der Waals surface area contributed by atoms with Gasteiger partial charge in [0.1, 0.15) is 18.7 Å². The van der Waals surface area contributed by atoms with Gasteiger partial charge in [-0.3, -0.25) is 9.59 Å². The Balaban J connectivity index is 1.65. The summed E-state index contributed by atoms with van der Waals surface area (Å²) in [7, 11) is 0. The van der Waals surface area contributed by atoms with Crippen LogP contribution in [0.15, 0.2) is 0 Å². The standard InChI is InChI=1S/C12H8Cl4N4O2S2/c13-5-7(17-23-9(5)15)11(21)19-1-2-20(4-3-19)12(22)8-6(14)10(16)24-18-8/h1-4H2. The summed E-state index contributed by atoms with van der Waals surface area (Å²) in [4.78, 5) is 28.0. The molecule has 6 nitrogen and oxygen atoms in total. The second kappa shape index (κ2) is 7.31. The van der Waals surface area contributed by atoms with E-state index in [1.807, 2.05) is 0 Å². The van der Waals surface area contributed by atoms with Gasteiger partial charge in [-0.2, -0.15) is 8.75 Å². The molecular formula is C12H8Cl4N4O2S2. The number of aromatic nitrogens is 2. The Kier molecular flexibility index (Phi) is 5.53. The highest BCUT2D eigenvalue weighted by molar-refractivity contribution is 7.12. The number of hydrogen-bond acceptors (Lipinski definition) is 6. The summed E-state index contributed by atoms with van der Waals surface area (Å²) < 4.78 is 8.51. The third-order valence-corrected chi connectivity index (χ3v) is 6.68. The molecule has 128 valence electrons. The van der Waals surface area contributed by atoms with E-state index in [0.717, 1.165) is 23.1 Å². The minimum Gasteiger partial charge on any atom is -0.334 e. The van der Waals surface area contributed by atoms with Crippen molar-refractivity contribution in [3.63, 3.8) is 0 Å². The SMILES string of the molecule is O=C(c1nsc(Cl)c1Cl)N1CCN(C(=O)c2nsc(Cl)c2Cl)CC1. The van der Waals surface area contributed by atoms with Crippen LogP contribution in [-0.2, 0) is 0 Å². The molecule has 0 spiro atoms. The number of nitrogens with zero attached hydrogens (tertiary/aromatic N) is 4. The van der Waals surface area contributed by atoms with Crippen LogP contribution in [0.4, 0.5) is 0 Å². The van der Waals surface area contributed by atoms with Gasteiger partial charge in [-0.05, 0) is 23.1 Å². The van der Waals surface area contributed by atoms with Crippen molar-refractivity contribution in [2.24, 2.45) is 0 Å². The number of rotatable bonds is 2. The fourth-order valence-corrected chi connectivity index (χ4v) is 4.17. The van der Waals surface area contributed by atoms with Gasteiger partial charge >= 0.3 is 0 Å². The third kappa shape index (κ3) is 3.36. The molecule has 0 radical (unpaired) electrons. The van der Waals surface area contributed by atoms with E-state index in [9.17, 15) is 9.59 Å². The summed E-state index contributed by atoms with van der Waals surface area (Å²) >= 11 is 25.5. The van der Waals surface area contributed by atoms with E-state index in [4.69, 9.17) is 46.4 Å². The molecule has 24 heavy (non-hydrogen) atoms. The average molecular weight is 446 g/mol. The largest absolute Gasteiger partial charge is 0.334 e. The van der Waals surface area contributed by atoms with Crippen LogP contribution in [-0.4, -0.2) is 56.5 Å². The number of halogens is 4. The lowest BCUT2D eigenvalue weighted by Gasteiger charge is -2.34. The van der Waals surface area contributed by atoms with Crippen molar-refractivity contribution in [2.45, 2.75) is 0 Å². The van der Waals surface area contributed by atoms with Crippen LogP contribution >= 0.6 is 69.5 Å². The number of piperazine rings is 1. The molecule has 1 fully saturated rings. The second-order valence-electron chi connectivity index (χ2n) is 4.82. The Hall–Kier alpha value is -0.640. The maximum atomic E-state index is 12.4. The molecule has 1 saturated heterocycles. The first-order valence-corrected chi connectivity index (χ1v) is 9.66. The Morgan fingerprint density at radius 2 is 1.08 bits per heavy atom. The minimum atomic E-state index is -0.301. The minimum absolute atomic E-state index is 0.140. The van der Waals surface area contributed by atoms with Crippen LogP contribution in [0.2, 0.25) is 18.7 Å². The fourth-order valence-electron chi connectivity index (χ4n) is 2.20. The molecule has 0 saturated carbocycles. The number of amides is 2. The average Bonchev–Trinajstić information content (AvgIpc) is 3.10. The normalized spacial score (nSPS) is 15.0. The molecule has 3 rings (SSSR count). The predicted octanol–water partition coefficient (Wildman–Crippen LogP) is 3.81. The van der Waals surface area contributed by atoms with E-state index in [1.165, 1.54) is 0 Å². The first-order valence-electron chi connectivity index (χ1n) is 6.60. The summed E-state index contributed by atoms with van der Waals surface area (Å²) in [5, 5.41) is 0.322. The van der Waals surface area contributed by atoms with E-state index >= 15 is 0 Å². The molecular weight excluding hydrogens is 438 g/mol. The molecule has 12 heteroatoms. The highest BCUT2D eigenvalue weighted by Gasteiger charge is 2.30. The first kappa shape index (κ1) is 18.2. The molecule has 2 aromatic heterocycles. The van der Waals surface area contributed by atoms with E-state index in [2.05, 4.69) is 8.75 Å². The lowest BCUT2D eigenvalue weighted by atomic mass is 10.2. The highest BCUT2D eigenvalue weighted by atomic mass is 35.5. The summed E-state index contributed by atoms with van der Waals surface area (Å²) in [6.45, 7) is 1.41. The van der Waals surface area contributed by atoms with Gasteiger partial charge in [0.25, 0.3) is 11.8 Å². The predicted molar refractivity (Wildman–Crippen MR) is 96.1 cm³/mol. The molecule has 1 aliphatic heterocycles. The zero-order chi connectivity index (χ0) is 17.4. The quantitative estimate of drug-likeness (QED) is 0.704. The van der Waals surface area contributed by atoms with Gasteiger partial charge < -0.3 is 9.80 Å². The number of carbonyl (C=O) groups excluding carboxylic acids is 2. The van der Waals surface area contributed by atoms with Crippen LogP contribution in [0.3, 0.4) is 0 Å². The Labute approximate surface area is 165 Å². The number of carbonyl (C=O) groups is 2. The smallest absolute Gasteiger partial charge is 0.275 e. The van der Waals surface area contributed by atoms with E-state index in [0.29, 0.717) is 26.2 Å².